The molecule has 1 atom stereocenters. The standard InChI is InChI=1S/C17H21N5O3/c1-11-3-7-15(23)21(19-11)10-9-18-17(25)12(2)22-16(24)8-6-14(20-22)13-4-5-13/h3,6-8,12-13H,4-5,9-10H2,1-2H3,(H,18,25). The maximum Gasteiger partial charge on any atom is 0.267 e. The van der Waals surface area contributed by atoms with E-state index in [0.717, 1.165) is 24.2 Å². The van der Waals surface area contributed by atoms with E-state index >= 15 is 0 Å². The van der Waals surface area contributed by atoms with E-state index < -0.39 is 6.04 Å². The summed E-state index contributed by atoms with van der Waals surface area (Å²) in [4.78, 5) is 36.0. The summed E-state index contributed by atoms with van der Waals surface area (Å²) in [6, 6.07) is 5.56. The smallest absolute Gasteiger partial charge is 0.267 e. The van der Waals surface area contributed by atoms with Gasteiger partial charge in [0.1, 0.15) is 6.04 Å². The van der Waals surface area contributed by atoms with Gasteiger partial charge in [-0.1, -0.05) is 0 Å². The summed E-state index contributed by atoms with van der Waals surface area (Å²) in [6.07, 6.45) is 2.15. The van der Waals surface area contributed by atoms with Crippen molar-refractivity contribution in [1.29, 1.82) is 0 Å². The summed E-state index contributed by atoms with van der Waals surface area (Å²) in [6.45, 7) is 3.94. The molecule has 0 bridgehead atoms. The Balaban J connectivity index is 1.63. The van der Waals surface area contributed by atoms with Crippen LogP contribution in [0.4, 0.5) is 0 Å². The predicted molar refractivity (Wildman–Crippen MR) is 91.4 cm³/mol. The molecule has 1 fully saturated rings. The van der Waals surface area contributed by atoms with Crippen LogP contribution in [0.3, 0.4) is 0 Å². The number of hydrogen-bond acceptors (Lipinski definition) is 5. The van der Waals surface area contributed by atoms with Crippen molar-refractivity contribution in [2.24, 2.45) is 0 Å². The van der Waals surface area contributed by atoms with Crippen molar-refractivity contribution < 1.29 is 4.79 Å². The van der Waals surface area contributed by atoms with Crippen LogP contribution in [0.25, 0.3) is 0 Å². The van der Waals surface area contributed by atoms with Crippen molar-refractivity contribution in [2.45, 2.75) is 45.2 Å². The predicted octanol–water partition coefficient (Wildman–Crippen LogP) is 0.363. The first-order valence-electron chi connectivity index (χ1n) is 8.38. The summed E-state index contributed by atoms with van der Waals surface area (Å²) in [5.41, 5.74) is 1.06. The quantitative estimate of drug-likeness (QED) is 0.817. The first-order valence-corrected chi connectivity index (χ1v) is 8.38. The van der Waals surface area contributed by atoms with Gasteiger partial charge in [0.05, 0.1) is 17.9 Å². The van der Waals surface area contributed by atoms with Gasteiger partial charge in [-0.3, -0.25) is 14.4 Å². The van der Waals surface area contributed by atoms with Crippen LogP contribution in [0.15, 0.2) is 33.9 Å². The van der Waals surface area contributed by atoms with Crippen LogP contribution in [0, 0.1) is 6.92 Å². The van der Waals surface area contributed by atoms with Gasteiger partial charge in [-0.05, 0) is 38.8 Å². The van der Waals surface area contributed by atoms with Crippen molar-refractivity contribution in [3.8, 4) is 0 Å². The second kappa shape index (κ2) is 7.00. The summed E-state index contributed by atoms with van der Waals surface area (Å²) in [5, 5.41) is 11.2. The lowest BCUT2D eigenvalue weighted by Crippen LogP contribution is -2.39. The number of nitrogens with zero attached hydrogens (tertiary/aromatic N) is 4. The largest absolute Gasteiger partial charge is 0.352 e. The SMILES string of the molecule is Cc1ccc(=O)n(CCNC(=O)C(C)n2nc(C3CC3)ccc2=O)n1. The van der Waals surface area contributed by atoms with Crippen LogP contribution in [-0.4, -0.2) is 32.0 Å². The van der Waals surface area contributed by atoms with Gasteiger partial charge in [-0.2, -0.15) is 10.2 Å². The molecule has 8 heteroatoms. The molecule has 0 saturated heterocycles. The van der Waals surface area contributed by atoms with E-state index in [4.69, 9.17) is 0 Å². The Bertz CT molecular complexity index is 898. The van der Waals surface area contributed by atoms with E-state index in [1.807, 2.05) is 0 Å². The topological polar surface area (TPSA) is 98.9 Å². The average Bonchev–Trinajstić information content (AvgIpc) is 3.42. The molecule has 1 saturated carbocycles. The number of carbonyl (C=O) groups excluding carboxylic acids is 1. The minimum absolute atomic E-state index is 0.220. The van der Waals surface area contributed by atoms with Crippen molar-refractivity contribution in [3.63, 3.8) is 0 Å². The van der Waals surface area contributed by atoms with E-state index in [1.165, 1.54) is 21.5 Å². The Kier molecular flexibility index (Phi) is 4.78. The zero-order valence-electron chi connectivity index (χ0n) is 14.3. The minimum Gasteiger partial charge on any atom is -0.352 e. The Morgan fingerprint density at radius 1 is 1.20 bits per heavy atom. The fourth-order valence-electron chi connectivity index (χ4n) is 2.57. The van der Waals surface area contributed by atoms with Crippen molar-refractivity contribution in [3.05, 3.63) is 56.4 Å². The van der Waals surface area contributed by atoms with Gasteiger partial charge in [-0.15, -0.1) is 0 Å². The third-order valence-electron chi connectivity index (χ3n) is 4.21. The number of hydrogen-bond donors (Lipinski definition) is 1. The van der Waals surface area contributed by atoms with E-state index in [0.29, 0.717) is 5.92 Å². The highest BCUT2D eigenvalue weighted by Crippen LogP contribution is 2.38. The Morgan fingerprint density at radius 2 is 1.92 bits per heavy atom. The van der Waals surface area contributed by atoms with Crippen LogP contribution < -0.4 is 16.4 Å². The Labute approximate surface area is 144 Å². The molecule has 1 aliphatic rings. The van der Waals surface area contributed by atoms with E-state index in [-0.39, 0.29) is 30.1 Å². The summed E-state index contributed by atoms with van der Waals surface area (Å²) >= 11 is 0. The van der Waals surface area contributed by atoms with Gasteiger partial charge >= 0.3 is 0 Å². The second-order valence-corrected chi connectivity index (χ2v) is 6.32. The van der Waals surface area contributed by atoms with Gasteiger partial charge in [0, 0.05) is 24.6 Å². The molecule has 132 valence electrons. The maximum absolute atomic E-state index is 12.3. The first kappa shape index (κ1) is 17.1. The molecule has 1 aliphatic carbocycles. The molecular formula is C17H21N5O3. The van der Waals surface area contributed by atoms with Crippen LogP contribution in [-0.2, 0) is 11.3 Å². The second-order valence-electron chi connectivity index (χ2n) is 6.32. The molecular weight excluding hydrogens is 322 g/mol. The number of aromatic nitrogens is 4. The minimum atomic E-state index is -0.714. The molecule has 0 radical (unpaired) electrons. The highest BCUT2D eigenvalue weighted by atomic mass is 16.2. The summed E-state index contributed by atoms with van der Waals surface area (Å²) < 4.78 is 2.53. The average molecular weight is 343 g/mol. The molecule has 25 heavy (non-hydrogen) atoms. The number of rotatable bonds is 6. The van der Waals surface area contributed by atoms with Crippen LogP contribution in [0.5, 0.6) is 0 Å². The monoisotopic (exact) mass is 343 g/mol. The fourth-order valence-corrected chi connectivity index (χ4v) is 2.57. The molecule has 2 aromatic rings. The molecule has 0 aromatic carbocycles. The highest BCUT2D eigenvalue weighted by molar-refractivity contribution is 5.79. The van der Waals surface area contributed by atoms with Gasteiger partial charge in [0.25, 0.3) is 11.1 Å². The molecule has 1 unspecified atom stereocenters. The van der Waals surface area contributed by atoms with Crippen LogP contribution >= 0.6 is 0 Å². The van der Waals surface area contributed by atoms with Gasteiger partial charge < -0.3 is 5.32 Å². The maximum atomic E-state index is 12.3. The molecule has 1 N–H and O–H groups in total. The van der Waals surface area contributed by atoms with E-state index in [9.17, 15) is 14.4 Å². The summed E-state index contributed by atoms with van der Waals surface area (Å²) in [5.74, 6) is 0.0876. The fraction of sp³-hybridized carbons (Fsp3) is 0.471. The normalized spacial score (nSPS) is 15.0. The van der Waals surface area contributed by atoms with Crippen LogP contribution in [0.1, 0.15) is 43.1 Å². The number of aryl methyl sites for hydroxylation is 1. The molecule has 2 aromatic heterocycles. The Morgan fingerprint density at radius 3 is 2.64 bits per heavy atom. The molecule has 8 nitrogen and oxygen atoms in total. The molecule has 2 heterocycles. The van der Waals surface area contributed by atoms with Crippen LogP contribution in [0.2, 0.25) is 0 Å². The molecule has 3 rings (SSSR count). The molecule has 1 amide bonds. The van der Waals surface area contributed by atoms with E-state index in [1.54, 1.807) is 26.0 Å². The van der Waals surface area contributed by atoms with Gasteiger partial charge in [-0.25, -0.2) is 9.36 Å². The molecule has 0 aliphatic heterocycles. The lowest BCUT2D eigenvalue weighted by Gasteiger charge is -2.15. The number of amides is 1. The van der Waals surface area contributed by atoms with E-state index in [2.05, 4.69) is 15.5 Å². The number of nitrogens with one attached hydrogen (secondary N) is 1. The lowest BCUT2D eigenvalue weighted by molar-refractivity contribution is -0.124. The third-order valence-corrected chi connectivity index (χ3v) is 4.21. The van der Waals surface area contributed by atoms with Crippen molar-refractivity contribution in [2.75, 3.05) is 6.54 Å². The number of carbonyl (C=O) groups is 1. The third kappa shape index (κ3) is 4.01. The first-order chi connectivity index (χ1) is 12.0. The van der Waals surface area contributed by atoms with Gasteiger partial charge in [0.2, 0.25) is 5.91 Å². The van der Waals surface area contributed by atoms with Crippen molar-refractivity contribution >= 4 is 5.91 Å². The van der Waals surface area contributed by atoms with Crippen molar-refractivity contribution in [1.82, 2.24) is 24.9 Å². The highest BCUT2D eigenvalue weighted by Gasteiger charge is 2.27. The Hall–Kier alpha value is -2.77. The summed E-state index contributed by atoms with van der Waals surface area (Å²) in [7, 11) is 0. The lowest BCUT2D eigenvalue weighted by atomic mass is 10.2. The zero-order valence-corrected chi connectivity index (χ0v) is 14.3. The molecule has 0 spiro atoms. The zero-order chi connectivity index (χ0) is 18.0. The van der Waals surface area contributed by atoms with Gasteiger partial charge in [0.15, 0.2) is 0 Å².